The summed E-state index contributed by atoms with van der Waals surface area (Å²) in [5.74, 6) is 0.785. The summed E-state index contributed by atoms with van der Waals surface area (Å²) in [7, 11) is 1.72. The van der Waals surface area contributed by atoms with Crippen molar-refractivity contribution < 1.29 is 14.3 Å². The van der Waals surface area contributed by atoms with E-state index in [-0.39, 0.29) is 35.9 Å². The molecule has 0 aliphatic carbocycles. The Morgan fingerprint density at radius 3 is 2.50 bits per heavy atom. The van der Waals surface area contributed by atoms with E-state index in [1.54, 1.807) is 7.05 Å². The van der Waals surface area contributed by atoms with Crippen molar-refractivity contribution in [1.82, 2.24) is 20.9 Å². The molecule has 1 aliphatic rings. The van der Waals surface area contributed by atoms with Crippen molar-refractivity contribution in [2.24, 2.45) is 4.99 Å². The Labute approximate surface area is 173 Å². The minimum Gasteiger partial charge on any atom is -0.444 e. The number of amides is 2. The highest BCUT2D eigenvalue weighted by atomic mass is 127. The van der Waals surface area contributed by atoms with Crippen LogP contribution in [0.15, 0.2) is 4.99 Å². The fraction of sp³-hybridized carbons (Fsp3) is 0.824. The van der Waals surface area contributed by atoms with Crippen LogP contribution in [0.1, 0.15) is 47.0 Å². The molecule has 0 bridgehead atoms. The molecule has 2 amide bonds. The first-order valence-electron chi connectivity index (χ1n) is 8.97. The molecule has 152 valence electrons. The molecule has 1 saturated heterocycles. The van der Waals surface area contributed by atoms with Gasteiger partial charge in [0.15, 0.2) is 5.96 Å². The number of nitrogens with zero attached hydrogens (tertiary/aromatic N) is 2. The van der Waals surface area contributed by atoms with Gasteiger partial charge >= 0.3 is 6.09 Å². The van der Waals surface area contributed by atoms with Gasteiger partial charge in [0.05, 0.1) is 6.04 Å². The average Bonchev–Trinajstić information content (AvgIpc) is 2.95. The molecule has 0 aromatic carbocycles. The van der Waals surface area contributed by atoms with Crippen molar-refractivity contribution in [2.75, 3.05) is 33.2 Å². The molecule has 8 nitrogen and oxygen atoms in total. The highest BCUT2D eigenvalue weighted by Gasteiger charge is 2.27. The van der Waals surface area contributed by atoms with Gasteiger partial charge in [0.25, 0.3) is 0 Å². The normalized spacial score (nSPS) is 17.3. The number of likely N-dealkylation sites (tertiary alicyclic amines) is 1. The third kappa shape index (κ3) is 10.0. The molecule has 1 fully saturated rings. The van der Waals surface area contributed by atoms with Gasteiger partial charge in [-0.25, -0.2) is 4.79 Å². The van der Waals surface area contributed by atoms with Crippen molar-refractivity contribution in [2.45, 2.75) is 58.6 Å². The molecule has 0 radical (unpaired) electrons. The van der Waals surface area contributed by atoms with Crippen molar-refractivity contribution >= 4 is 41.9 Å². The van der Waals surface area contributed by atoms with Gasteiger partial charge in [-0.15, -0.1) is 24.0 Å². The fourth-order valence-electron chi connectivity index (χ4n) is 2.52. The van der Waals surface area contributed by atoms with Crippen LogP contribution in [0, 0.1) is 0 Å². The third-order valence-electron chi connectivity index (χ3n) is 3.63. The van der Waals surface area contributed by atoms with E-state index in [4.69, 9.17) is 4.74 Å². The third-order valence-corrected chi connectivity index (χ3v) is 3.63. The average molecular weight is 483 g/mol. The van der Waals surface area contributed by atoms with Crippen molar-refractivity contribution in [3.05, 3.63) is 0 Å². The molecule has 0 aromatic heterocycles. The molecule has 1 unspecified atom stereocenters. The molecule has 1 heterocycles. The Hall–Kier alpha value is -1.26. The summed E-state index contributed by atoms with van der Waals surface area (Å²) in [5.41, 5.74) is -0.502. The summed E-state index contributed by atoms with van der Waals surface area (Å²) < 4.78 is 5.29. The van der Waals surface area contributed by atoms with E-state index in [1.807, 2.05) is 27.7 Å². The zero-order chi connectivity index (χ0) is 18.9. The van der Waals surface area contributed by atoms with Crippen LogP contribution in [-0.2, 0) is 9.53 Å². The first-order chi connectivity index (χ1) is 11.7. The number of halogens is 1. The van der Waals surface area contributed by atoms with Crippen molar-refractivity contribution in [3.63, 3.8) is 0 Å². The minimum absolute atomic E-state index is 0. The van der Waals surface area contributed by atoms with Crippen LogP contribution in [0.25, 0.3) is 0 Å². The van der Waals surface area contributed by atoms with Gasteiger partial charge in [-0.05, 0) is 33.6 Å². The highest BCUT2D eigenvalue weighted by Crippen LogP contribution is 2.11. The van der Waals surface area contributed by atoms with E-state index < -0.39 is 11.7 Å². The number of ether oxygens (including phenoxy) is 1. The molecule has 1 aliphatic heterocycles. The van der Waals surface area contributed by atoms with Crippen LogP contribution in [0.2, 0.25) is 0 Å². The summed E-state index contributed by atoms with van der Waals surface area (Å²) in [4.78, 5) is 29.8. The molecule has 0 saturated carbocycles. The van der Waals surface area contributed by atoms with E-state index in [1.165, 1.54) is 0 Å². The Balaban J connectivity index is 0.00000625. The number of alkyl carbamates (subject to hydrolysis) is 1. The predicted molar refractivity (Wildman–Crippen MR) is 114 cm³/mol. The molecule has 1 atom stereocenters. The largest absolute Gasteiger partial charge is 0.444 e. The second kappa shape index (κ2) is 12.2. The molecule has 26 heavy (non-hydrogen) atoms. The molecule has 3 N–H and O–H groups in total. The van der Waals surface area contributed by atoms with Crippen LogP contribution >= 0.6 is 24.0 Å². The fourth-order valence-corrected chi connectivity index (χ4v) is 2.52. The summed E-state index contributed by atoms with van der Waals surface area (Å²) in [6.07, 6.45) is 1.78. The van der Waals surface area contributed by atoms with Crippen LogP contribution in [0.5, 0.6) is 0 Å². The monoisotopic (exact) mass is 483 g/mol. The van der Waals surface area contributed by atoms with E-state index in [2.05, 4.69) is 25.8 Å². The maximum atomic E-state index is 11.9. The standard InChI is InChI=1S/C17H33N5O3.HI/c1-6-9-19-14(23)7-10-20-15(18-5)22-11-8-13(12-22)21-16(24)25-17(2,3)4;/h13H,6-12H2,1-5H3,(H,18,20)(H,19,23)(H,21,24);1H. The number of aliphatic imine (C=N–C) groups is 1. The highest BCUT2D eigenvalue weighted by molar-refractivity contribution is 14.0. The van der Waals surface area contributed by atoms with Crippen molar-refractivity contribution in [3.8, 4) is 0 Å². The number of carbonyl (C=O) groups excluding carboxylic acids is 2. The van der Waals surface area contributed by atoms with Crippen LogP contribution in [0.3, 0.4) is 0 Å². The zero-order valence-electron chi connectivity index (χ0n) is 16.6. The number of guanidine groups is 1. The summed E-state index contributed by atoms with van der Waals surface area (Å²) in [6.45, 7) is 10.3. The lowest BCUT2D eigenvalue weighted by Gasteiger charge is -2.23. The molecule has 1 rings (SSSR count). The van der Waals surface area contributed by atoms with Gasteiger partial charge in [-0.2, -0.15) is 0 Å². The summed E-state index contributed by atoms with van der Waals surface area (Å²) >= 11 is 0. The predicted octanol–water partition coefficient (Wildman–Crippen LogP) is 1.70. The lowest BCUT2D eigenvalue weighted by molar-refractivity contribution is -0.120. The number of hydrogen-bond acceptors (Lipinski definition) is 4. The van der Waals surface area contributed by atoms with E-state index in [0.717, 1.165) is 25.3 Å². The molecule has 0 aromatic rings. The Bertz CT molecular complexity index is 480. The molecular formula is C17H34IN5O3. The summed E-state index contributed by atoms with van der Waals surface area (Å²) in [5, 5.41) is 8.94. The summed E-state index contributed by atoms with van der Waals surface area (Å²) in [6, 6.07) is 0.0289. The molecular weight excluding hydrogens is 449 g/mol. The molecule has 9 heteroatoms. The number of rotatable bonds is 6. The van der Waals surface area contributed by atoms with Gasteiger partial charge in [-0.3, -0.25) is 9.79 Å². The second-order valence-electron chi connectivity index (χ2n) is 7.15. The first kappa shape index (κ1) is 24.7. The van der Waals surface area contributed by atoms with E-state index >= 15 is 0 Å². The Morgan fingerprint density at radius 2 is 1.92 bits per heavy atom. The first-order valence-corrected chi connectivity index (χ1v) is 8.97. The van der Waals surface area contributed by atoms with E-state index in [9.17, 15) is 9.59 Å². The quantitative estimate of drug-likeness (QED) is 0.304. The zero-order valence-corrected chi connectivity index (χ0v) is 18.9. The number of carbonyl (C=O) groups is 2. The number of hydrogen-bond donors (Lipinski definition) is 3. The topological polar surface area (TPSA) is 95.1 Å². The minimum atomic E-state index is -0.502. The van der Waals surface area contributed by atoms with Crippen LogP contribution in [0.4, 0.5) is 4.79 Å². The van der Waals surface area contributed by atoms with Gasteiger partial charge < -0.3 is 25.6 Å². The Kier molecular flexibility index (Phi) is 11.6. The van der Waals surface area contributed by atoms with Crippen molar-refractivity contribution in [1.29, 1.82) is 0 Å². The maximum absolute atomic E-state index is 11.9. The Morgan fingerprint density at radius 1 is 1.23 bits per heavy atom. The smallest absolute Gasteiger partial charge is 0.407 e. The van der Waals surface area contributed by atoms with Gasteiger partial charge in [0.1, 0.15) is 5.60 Å². The maximum Gasteiger partial charge on any atom is 0.407 e. The SMILES string of the molecule is CCCNC(=O)CCNC(=NC)N1CCC(NC(=O)OC(C)(C)C)C1.I. The van der Waals surface area contributed by atoms with Crippen LogP contribution in [-0.4, -0.2) is 67.7 Å². The number of nitrogens with one attached hydrogen (secondary N) is 3. The molecule has 0 spiro atoms. The lowest BCUT2D eigenvalue weighted by Crippen LogP contribution is -2.44. The van der Waals surface area contributed by atoms with Gasteiger partial charge in [0, 0.05) is 39.6 Å². The second-order valence-corrected chi connectivity index (χ2v) is 7.15. The van der Waals surface area contributed by atoms with Gasteiger partial charge in [0.2, 0.25) is 5.91 Å². The van der Waals surface area contributed by atoms with E-state index in [0.29, 0.717) is 26.1 Å². The van der Waals surface area contributed by atoms with Gasteiger partial charge in [-0.1, -0.05) is 6.92 Å². The lowest BCUT2D eigenvalue weighted by atomic mass is 10.2. The van der Waals surface area contributed by atoms with Crippen LogP contribution < -0.4 is 16.0 Å².